The highest BCUT2D eigenvalue weighted by atomic mass is 35.5. The van der Waals surface area contributed by atoms with Crippen molar-refractivity contribution in [3.63, 3.8) is 0 Å². The summed E-state index contributed by atoms with van der Waals surface area (Å²) in [7, 11) is 0. The van der Waals surface area contributed by atoms with E-state index in [-0.39, 0.29) is 42.7 Å². The second-order valence-electron chi connectivity index (χ2n) is 7.06. The lowest BCUT2D eigenvalue weighted by molar-refractivity contribution is -0.152. The monoisotopic (exact) mass is 400 g/mol. The van der Waals surface area contributed by atoms with Crippen LogP contribution in [0.4, 0.5) is 0 Å². The number of carbonyl (C=O) groups is 2. The van der Waals surface area contributed by atoms with Crippen LogP contribution in [0.15, 0.2) is 12.1 Å². The summed E-state index contributed by atoms with van der Waals surface area (Å²) in [5.41, 5.74) is 0.610. The van der Waals surface area contributed by atoms with Crippen molar-refractivity contribution in [1.82, 2.24) is 9.80 Å². The van der Waals surface area contributed by atoms with Gasteiger partial charge in [0.2, 0.25) is 11.8 Å². The molecule has 0 spiro atoms. The maximum atomic E-state index is 12.5. The van der Waals surface area contributed by atoms with Crippen molar-refractivity contribution in [1.29, 1.82) is 0 Å². The quantitative estimate of drug-likeness (QED) is 0.814. The Hall–Kier alpha value is -1.50. The first kappa shape index (κ1) is 19.3. The first-order chi connectivity index (χ1) is 12.3. The highest BCUT2D eigenvalue weighted by molar-refractivity contribution is 6.42. The molecule has 2 aliphatic rings. The van der Waals surface area contributed by atoms with E-state index in [1.54, 1.807) is 17.9 Å². The summed E-state index contributed by atoms with van der Waals surface area (Å²) < 4.78 is 0. The number of amides is 2. The number of nitrogens with zero attached hydrogens (tertiary/aromatic N) is 2. The van der Waals surface area contributed by atoms with Crippen LogP contribution < -0.4 is 0 Å². The fourth-order valence-corrected chi connectivity index (χ4v) is 4.37. The van der Waals surface area contributed by atoms with Gasteiger partial charge in [-0.05, 0) is 30.9 Å². The largest absolute Gasteiger partial charge is 0.508 e. The Bertz CT molecular complexity index is 727. The van der Waals surface area contributed by atoms with Gasteiger partial charge in [0.05, 0.1) is 29.1 Å². The second kappa shape index (κ2) is 7.62. The fraction of sp³-hybridized carbons (Fsp3) is 0.556. The number of phenols is 1. The second-order valence-corrected chi connectivity index (χ2v) is 7.84. The SMILES string of the molecule is C[C@H](CO)C(=O)N1CC(=O)N2CC[C@@H](c3c(O)ccc(Cl)c3Cl)C[C@H]2C1. The van der Waals surface area contributed by atoms with Crippen LogP contribution in [-0.4, -0.2) is 64.1 Å². The van der Waals surface area contributed by atoms with Crippen LogP contribution in [0.1, 0.15) is 31.2 Å². The molecular formula is C18H22Cl2N2O4. The molecule has 2 heterocycles. The number of piperazine rings is 1. The molecule has 3 atom stereocenters. The number of hydrogen-bond acceptors (Lipinski definition) is 4. The zero-order chi connectivity index (χ0) is 19.0. The van der Waals surface area contributed by atoms with Gasteiger partial charge in [0, 0.05) is 24.7 Å². The van der Waals surface area contributed by atoms with Crippen molar-refractivity contribution in [2.24, 2.45) is 5.92 Å². The van der Waals surface area contributed by atoms with Crippen molar-refractivity contribution in [3.8, 4) is 5.75 Å². The molecule has 26 heavy (non-hydrogen) atoms. The lowest BCUT2D eigenvalue weighted by Gasteiger charge is -2.46. The third kappa shape index (κ3) is 3.50. The molecule has 1 aromatic rings. The predicted octanol–water partition coefficient (Wildman–Crippen LogP) is 2.24. The average Bonchev–Trinajstić information content (AvgIpc) is 2.63. The van der Waals surface area contributed by atoms with Gasteiger partial charge in [-0.15, -0.1) is 0 Å². The van der Waals surface area contributed by atoms with Crippen LogP contribution in [0.5, 0.6) is 5.75 Å². The summed E-state index contributed by atoms with van der Waals surface area (Å²) in [6.45, 7) is 2.42. The van der Waals surface area contributed by atoms with E-state index in [9.17, 15) is 19.8 Å². The molecule has 2 fully saturated rings. The first-order valence-corrected chi connectivity index (χ1v) is 9.45. The van der Waals surface area contributed by atoms with E-state index < -0.39 is 5.92 Å². The maximum absolute atomic E-state index is 12.5. The third-order valence-corrected chi connectivity index (χ3v) is 6.14. The number of hydrogen-bond donors (Lipinski definition) is 2. The molecule has 0 radical (unpaired) electrons. The van der Waals surface area contributed by atoms with E-state index >= 15 is 0 Å². The van der Waals surface area contributed by atoms with Crippen molar-refractivity contribution in [2.75, 3.05) is 26.2 Å². The van der Waals surface area contributed by atoms with Gasteiger partial charge in [-0.25, -0.2) is 0 Å². The number of halogens is 2. The van der Waals surface area contributed by atoms with Gasteiger partial charge < -0.3 is 20.0 Å². The Labute approximate surface area is 162 Å². The molecule has 0 unspecified atom stereocenters. The minimum atomic E-state index is -0.528. The Morgan fingerprint density at radius 1 is 1.38 bits per heavy atom. The molecule has 0 aliphatic carbocycles. The van der Waals surface area contributed by atoms with Crippen LogP contribution in [0, 0.1) is 5.92 Å². The number of benzene rings is 1. The van der Waals surface area contributed by atoms with Gasteiger partial charge in [-0.2, -0.15) is 0 Å². The van der Waals surface area contributed by atoms with Crippen molar-refractivity contribution in [2.45, 2.75) is 31.7 Å². The maximum Gasteiger partial charge on any atom is 0.242 e. The molecule has 2 amide bonds. The lowest BCUT2D eigenvalue weighted by Crippen LogP contribution is -2.60. The Balaban J connectivity index is 1.81. The highest BCUT2D eigenvalue weighted by Gasteiger charge is 2.40. The standard InChI is InChI=1S/C18H22Cl2N2O4/c1-10(9-23)18(26)21-7-12-6-11(4-5-22(12)15(25)8-21)16-14(24)3-2-13(19)17(16)20/h2-3,10-12,23-24H,4-9H2,1H3/t10-,11-,12+/m1/s1. The van der Waals surface area contributed by atoms with Crippen molar-refractivity contribution >= 4 is 35.0 Å². The van der Waals surface area contributed by atoms with Gasteiger partial charge in [-0.3, -0.25) is 9.59 Å². The summed E-state index contributed by atoms with van der Waals surface area (Å²) in [5.74, 6) is -0.770. The van der Waals surface area contributed by atoms with E-state index in [0.29, 0.717) is 41.5 Å². The summed E-state index contributed by atoms with van der Waals surface area (Å²) in [6, 6.07) is 2.94. The minimum Gasteiger partial charge on any atom is -0.508 e. The molecule has 8 heteroatoms. The Kier molecular flexibility index (Phi) is 5.65. The number of aliphatic hydroxyl groups excluding tert-OH is 1. The van der Waals surface area contributed by atoms with E-state index in [1.807, 2.05) is 0 Å². The average molecular weight is 401 g/mol. The Morgan fingerprint density at radius 2 is 2.12 bits per heavy atom. The molecular weight excluding hydrogens is 379 g/mol. The normalized spacial score (nSPS) is 24.4. The fourth-order valence-electron chi connectivity index (χ4n) is 3.89. The van der Waals surface area contributed by atoms with E-state index in [2.05, 4.69) is 0 Å². The Morgan fingerprint density at radius 3 is 2.81 bits per heavy atom. The van der Waals surface area contributed by atoms with E-state index in [1.165, 1.54) is 11.0 Å². The molecule has 6 nitrogen and oxygen atoms in total. The molecule has 2 aliphatic heterocycles. The van der Waals surface area contributed by atoms with Gasteiger partial charge in [-0.1, -0.05) is 30.1 Å². The first-order valence-electron chi connectivity index (χ1n) is 8.69. The number of fused-ring (bicyclic) bond motifs is 1. The molecule has 142 valence electrons. The summed E-state index contributed by atoms with van der Waals surface area (Å²) in [4.78, 5) is 28.2. The van der Waals surface area contributed by atoms with Gasteiger partial charge >= 0.3 is 0 Å². The number of aromatic hydroxyl groups is 1. The third-order valence-electron chi connectivity index (χ3n) is 5.32. The summed E-state index contributed by atoms with van der Waals surface area (Å²) >= 11 is 12.4. The number of rotatable bonds is 3. The molecule has 0 aromatic heterocycles. The highest BCUT2D eigenvalue weighted by Crippen LogP contribution is 2.43. The number of piperidine rings is 1. The summed E-state index contributed by atoms with van der Waals surface area (Å²) in [5, 5.41) is 20.2. The number of phenolic OH excluding ortho intramolecular Hbond substituents is 1. The molecule has 0 bridgehead atoms. The molecule has 2 saturated heterocycles. The van der Waals surface area contributed by atoms with Gasteiger partial charge in [0.25, 0.3) is 0 Å². The number of carbonyl (C=O) groups excluding carboxylic acids is 2. The summed E-state index contributed by atoms with van der Waals surface area (Å²) in [6.07, 6.45) is 1.27. The van der Waals surface area contributed by atoms with Crippen LogP contribution in [0.2, 0.25) is 10.0 Å². The zero-order valence-corrected chi connectivity index (χ0v) is 16.0. The minimum absolute atomic E-state index is 0.0411. The predicted molar refractivity (Wildman–Crippen MR) is 98.4 cm³/mol. The van der Waals surface area contributed by atoms with E-state index in [4.69, 9.17) is 23.2 Å². The number of aliphatic hydroxyl groups is 1. The van der Waals surface area contributed by atoms with Gasteiger partial charge in [0.1, 0.15) is 5.75 Å². The molecule has 0 saturated carbocycles. The van der Waals surface area contributed by atoms with Gasteiger partial charge in [0.15, 0.2) is 0 Å². The van der Waals surface area contributed by atoms with Crippen LogP contribution >= 0.6 is 23.2 Å². The van der Waals surface area contributed by atoms with Crippen LogP contribution in [-0.2, 0) is 9.59 Å². The zero-order valence-electron chi connectivity index (χ0n) is 14.5. The van der Waals surface area contributed by atoms with Crippen LogP contribution in [0.25, 0.3) is 0 Å². The van der Waals surface area contributed by atoms with Crippen molar-refractivity contribution < 1.29 is 19.8 Å². The smallest absolute Gasteiger partial charge is 0.242 e. The van der Waals surface area contributed by atoms with Crippen molar-refractivity contribution in [3.05, 3.63) is 27.7 Å². The molecule has 1 aromatic carbocycles. The molecule has 3 rings (SSSR count). The topological polar surface area (TPSA) is 81.1 Å². The van der Waals surface area contributed by atoms with E-state index in [0.717, 1.165) is 0 Å². The van der Waals surface area contributed by atoms with Crippen LogP contribution in [0.3, 0.4) is 0 Å². The molecule has 2 N–H and O–H groups in total. The lowest BCUT2D eigenvalue weighted by atomic mass is 9.83.